The number of nitrogens with one attached hydrogen (secondary N) is 1. The number of piperidine rings is 1. The average Bonchev–Trinajstić information content (AvgIpc) is 2.98. The quantitative estimate of drug-likeness (QED) is 0.867. The minimum absolute atomic E-state index is 0.0673. The minimum atomic E-state index is 0.0673. The molecule has 4 rings (SSSR count). The minimum Gasteiger partial charge on any atom is -0.381 e. The Labute approximate surface area is 139 Å². The maximum atomic E-state index is 13.1. The third kappa shape index (κ3) is 2.76. The lowest BCUT2D eigenvalue weighted by Crippen LogP contribution is -2.59. The number of hydrogen-bond acceptors (Lipinski definition) is 3. The Kier molecular flexibility index (Phi) is 4.04. The number of carbonyl (C=O) groups excluding carboxylic acids is 1. The van der Waals surface area contributed by atoms with E-state index in [2.05, 4.69) is 29.0 Å². The van der Waals surface area contributed by atoms with Crippen molar-refractivity contribution in [2.75, 3.05) is 26.3 Å². The summed E-state index contributed by atoms with van der Waals surface area (Å²) in [5, 5.41) is 3.74. The van der Waals surface area contributed by atoms with Crippen molar-refractivity contribution in [2.24, 2.45) is 5.92 Å². The summed E-state index contributed by atoms with van der Waals surface area (Å²) in [6, 6.07) is 1.78. The molecule has 23 heavy (non-hydrogen) atoms. The molecule has 4 fully saturated rings. The zero-order chi connectivity index (χ0) is 16.0. The van der Waals surface area contributed by atoms with Crippen molar-refractivity contribution < 1.29 is 9.53 Å². The van der Waals surface area contributed by atoms with Gasteiger partial charge in [-0.25, -0.2) is 4.79 Å². The molecular formula is C18H31N3O2. The highest BCUT2D eigenvalue weighted by molar-refractivity contribution is 5.78. The molecular weight excluding hydrogens is 290 g/mol. The van der Waals surface area contributed by atoms with Crippen LogP contribution in [0.15, 0.2) is 0 Å². The van der Waals surface area contributed by atoms with E-state index in [1.807, 2.05) is 0 Å². The monoisotopic (exact) mass is 321 g/mol. The molecule has 0 radical (unpaired) electrons. The van der Waals surface area contributed by atoms with E-state index in [-0.39, 0.29) is 17.6 Å². The molecule has 0 saturated carbocycles. The maximum Gasteiger partial charge on any atom is 0.320 e. The molecule has 4 saturated heterocycles. The van der Waals surface area contributed by atoms with Crippen molar-refractivity contribution in [3.63, 3.8) is 0 Å². The summed E-state index contributed by atoms with van der Waals surface area (Å²) >= 11 is 0. The second kappa shape index (κ2) is 5.92. The summed E-state index contributed by atoms with van der Waals surface area (Å²) < 4.78 is 5.62. The fourth-order valence-electron chi connectivity index (χ4n) is 5.58. The SMILES string of the molecule is CC(C)N1C(=O)N(CC2CCCOC2)CC12CC1CCC(C2)N1. The molecule has 3 unspecified atom stereocenters. The van der Waals surface area contributed by atoms with Gasteiger partial charge in [0.25, 0.3) is 0 Å². The van der Waals surface area contributed by atoms with E-state index in [4.69, 9.17) is 4.74 Å². The van der Waals surface area contributed by atoms with Crippen LogP contribution in [0.4, 0.5) is 4.79 Å². The van der Waals surface area contributed by atoms with Gasteiger partial charge in [0.15, 0.2) is 0 Å². The first-order valence-corrected chi connectivity index (χ1v) is 9.49. The molecule has 1 spiro atoms. The first kappa shape index (κ1) is 15.7. The topological polar surface area (TPSA) is 44.8 Å². The van der Waals surface area contributed by atoms with E-state index < -0.39 is 0 Å². The van der Waals surface area contributed by atoms with Gasteiger partial charge in [0.05, 0.1) is 12.1 Å². The summed E-state index contributed by atoms with van der Waals surface area (Å²) in [6.07, 6.45) is 7.16. The van der Waals surface area contributed by atoms with Gasteiger partial charge >= 0.3 is 6.03 Å². The van der Waals surface area contributed by atoms with Gasteiger partial charge in [0, 0.05) is 43.7 Å². The van der Waals surface area contributed by atoms with Gasteiger partial charge in [-0.15, -0.1) is 0 Å². The lowest BCUT2D eigenvalue weighted by atomic mass is 9.82. The summed E-state index contributed by atoms with van der Waals surface area (Å²) in [4.78, 5) is 17.5. The normalized spacial score (nSPS) is 40.7. The number of fused-ring (bicyclic) bond motifs is 2. The van der Waals surface area contributed by atoms with Crippen LogP contribution >= 0.6 is 0 Å². The molecule has 5 nitrogen and oxygen atoms in total. The second-order valence-electron chi connectivity index (χ2n) is 8.48. The molecule has 3 atom stereocenters. The Balaban J connectivity index is 1.53. The molecule has 2 amide bonds. The van der Waals surface area contributed by atoms with E-state index in [9.17, 15) is 4.79 Å². The van der Waals surface area contributed by atoms with E-state index in [0.717, 1.165) is 45.6 Å². The first-order chi connectivity index (χ1) is 11.1. The third-order valence-corrected chi connectivity index (χ3v) is 6.31. The van der Waals surface area contributed by atoms with Crippen molar-refractivity contribution in [2.45, 2.75) is 76.0 Å². The Morgan fingerprint density at radius 3 is 2.61 bits per heavy atom. The molecule has 5 heteroatoms. The zero-order valence-electron chi connectivity index (χ0n) is 14.6. The van der Waals surface area contributed by atoms with Crippen LogP contribution < -0.4 is 5.32 Å². The molecule has 0 aromatic rings. The van der Waals surface area contributed by atoms with Gasteiger partial charge < -0.3 is 19.9 Å². The van der Waals surface area contributed by atoms with Crippen LogP contribution in [0, 0.1) is 5.92 Å². The fraction of sp³-hybridized carbons (Fsp3) is 0.944. The number of hydrogen-bond donors (Lipinski definition) is 1. The van der Waals surface area contributed by atoms with E-state index in [1.54, 1.807) is 0 Å². The largest absolute Gasteiger partial charge is 0.381 e. The summed E-state index contributed by atoms with van der Waals surface area (Å²) in [5.74, 6) is 0.523. The van der Waals surface area contributed by atoms with Crippen molar-refractivity contribution in [3.8, 4) is 0 Å². The summed E-state index contributed by atoms with van der Waals surface area (Å²) in [7, 11) is 0. The number of amides is 2. The smallest absolute Gasteiger partial charge is 0.320 e. The van der Waals surface area contributed by atoms with Gasteiger partial charge in [-0.05, 0) is 52.4 Å². The number of ether oxygens (including phenoxy) is 1. The Hall–Kier alpha value is -0.810. The molecule has 4 aliphatic rings. The molecule has 1 N–H and O–H groups in total. The summed E-state index contributed by atoms with van der Waals surface area (Å²) in [6.45, 7) is 7.88. The van der Waals surface area contributed by atoms with E-state index in [1.165, 1.54) is 19.3 Å². The standard InChI is InChI=1S/C18H31N3O2/c1-13(2)21-17(22)20(10-14-4-3-7-23-11-14)12-18(21)8-15-5-6-16(9-18)19-15/h13-16,19H,3-12H2,1-2H3. The Bertz CT molecular complexity index is 449. The van der Waals surface area contributed by atoms with Gasteiger partial charge in [-0.1, -0.05) is 0 Å². The van der Waals surface area contributed by atoms with Crippen LogP contribution in [0.2, 0.25) is 0 Å². The predicted octanol–water partition coefficient (Wildman–Crippen LogP) is 2.21. The highest BCUT2D eigenvalue weighted by Gasteiger charge is 2.55. The molecule has 2 bridgehead atoms. The Morgan fingerprint density at radius 1 is 1.26 bits per heavy atom. The fourth-order valence-corrected chi connectivity index (χ4v) is 5.58. The van der Waals surface area contributed by atoms with Crippen molar-refractivity contribution in [3.05, 3.63) is 0 Å². The lowest BCUT2D eigenvalue weighted by Gasteiger charge is -2.45. The number of rotatable bonds is 3. The average molecular weight is 321 g/mol. The van der Waals surface area contributed by atoms with Crippen LogP contribution in [0.5, 0.6) is 0 Å². The molecule has 130 valence electrons. The van der Waals surface area contributed by atoms with Gasteiger partial charge in [-0.2, -0.15) is 0 Å². The first-order valence-electron chi connectivity index (χ1n) is 9.49. The third-order valence-electron chi connectivity index (χ3n) is 6.31. The van der Waals surface area contributed by atoms with Gasteiger partial charge in [-0.3, -0.25) is 0 Å². The predicted molar refractivity (Wildman–Crippen MR) is 89.4 cm³/mol. The van der Waals surface area contributed by atoms with Crippen molar-refractivity contribution >= 4 is 6.03 Å². The van der Waals surface area contributed by atoms with Crippen LogP contribution in [-0.4, -0.2) is 65.8 Å². The van der Waals surface area contributed by atoms with Crippen LogP contribution in [0.25, 0.3) is 0 Å². The van der Waals surface area contributed by atoms with Gasteiger partial charge in [0.2, 0.25) is 0 Å². The number of urea groups is 1. The molecule has 0 aromatic heterocycles. The van der Waals surface area contributed by atoms with Crippen molar-refractivity contribution in [1.82, 2.24) is 15.1 Å². The molecule has 0 aliphatic carbocycles. The summed E-state index contributed by atoms with van der Waals surface area (Å²) in [5.41, 5.74) is 0.0673. The number of nitrogens with zero attached hydrogens (tertiary/aromatic N) is 2. The maximum absolute atomic E-state index is 13.1. The zero-order valence-corrected chi connectivity index (χ0v) is 14.6. The molecule has 4 heterocycles. The van der Waals surface area contributed by atoms with E-state index >= 15 is 0 Å². The molecule has 4 aliphatic heterocycles. The van der Waals surface area contributed by atoms with Crippen LogP contribution in [0.1, 0.15) is 52.4 Å². The van der Waals surface area contributed by atoms with Crippen LogP contribution in [0.3, 0.4) is 0 Å². The lowest BCUT2D eigenvalue weighted by molar-refractivity contribution is 0.0438. The molecule has 0 aromatic carbocycles. The highest BCUT2D eigenvalue weighted by atomic mass is 16.5. The van der Waals surface area contributed by atoms with E-state index in [0.29, 0.717) is 18.0 Å². The van der Waals surface area contributed by atoms with Gasteiger partial charge in [0.1, 0.15) is 0 Å². The van der Waals surface area contributed by atoms with Crippen molar-refractivity contribution in [1.29, 1.82) is 0 Å². The number of carbonyl (C=O) groups is 1. The van der Waals surface area contributed by atoms with Crippen LogP contribution in [-0.2, 0) is 4.74 Å². The second-order valence-corrected chi connectivity index (χ2v) is 8.48. The Morgan fingerprint density at radius 2 is 2.00 bits per heavy atom. The highest BCUT2D eigenvalue weighted by Crippen LogP contribution is 2.43.